The van der Waals surface area contributed by atoms with Crippen molar-refractivity contribution in [1.82, 2.24) is 29.9 Å². The molecule has 0 atom stereocenters. The van der Waals surface area contributed by atoms with E-state index in [0.29, 0.717) is 57.2 Å². The lowest BCUT2D eigenvalue weighted by molar-refractivity contribution is 0.0727. The molecule has 0 aliphatic carbocycles. The third-order valence-corrected chi connectivity index (χ3v) is 6.92. The number of pyridine rings is 1. The zero-order valence-corrected chi connectivity index (χ0v) is 19.8. The van der Waals surface area contributed by atoms with Crippen molar-refractivity contribution in [2.75, 3.05) is 6.54 Å². The van der Waals surface area contributed by atoms with Crippen LogP contribution in [0.25, 0.3) is 22.4 Å². The van der Waals surface area contributed by atoms with E-state index in [9.17, 15) is 9.59 Å². The molecule has 1 aromatic carbocycles. The second-order valence-electron chi connectivity index (χ2n) is 7.79. The number of nitrogens with one attached hydrogen (secondary N) is 1. The molecule has 1 amide bonds. The number of amides is 1. The van der Waals surface area contributed by atoms with Crippen molar-refractivity contribution >= 4 is 44.5 Å². The number of benzene rings is 1. The second kappa shape index (κ2) is 7.56. The zero-order chi connectivity index (χ0) is 22.7. The molecule has 32 heavy (non-hydrogen) atoms. The Balaban J connectivity index is 1.60. The smallest absolute Gasteiger partial charge is 0.256 e. The van der Waals surface area contributed by atoms with Crippen LogP contribution in [0.15, 0.2) is 26.1 Å². The number of rotatable bonds is 3. The van der Waals surface area contributed by atoms with Crippen LogP contribution in [0.1, 0.15) is 32.9 Å². The van der Waals surface area contributed by atoms with Gasteiger partial charge in [-0.05, 0) is 31.9 Å². The third-order valence-electron chi connectivity index (χ3n) is 5.82. The highest BCUT2D eigenvalue weighted by Crippen LogP contribution is 2.40. The van der Waals surface area contributed by atoms with E-state index in [0.717, 1.165) is 15.7 Å². The summed E-state index contributed by atoms with van der Waals surface area (Å²) in [6.07, 6.45) is 1.89. The molecule has 0 saturated heterocycles. The van der Waals surface area contributed by atoms with Crippen molar-refractivity contribution in [3.63, 3.8) is 0 Å². The van der Waals surface area contributed by atoms with Crippen molar-refractivity contribution < 1.29 is 9.21 Å². The Morgan fingerprint density at radius 3 is 2.81 bits per heavy atom. The summed E-state index contributed by atoms with van der Waals surface area (Å²) in [6.45, 7) is 4.13. The number of aromatic nitrogens is 5. The van der Waals surface area contributed by atoms with Crippen LogP contribution >= 0.6 is 27.5 Å². The lowest BCUT2D eigenvalue weighted by Crippen LogP contribution is -2.39. The molecule has 5 rings (SSSR count). The van der Waals surface area contributed by atoms with Gasteiger partial charge in [0.1, 0.15) is 5.52 Å². The molecule has 1 aliphatic rings. The van der Waals surface area contributed by atoms with Gasteiger partial charge in [0.05, 0.1) is 39.8 Å². The highest BCUT2D eigenvalue weighted by molar-refractivity contribution is 9.10. The Bertz CT molecular complexity index is 1450. The summed E-state index contributed by atoms with van der Waals surface area (Å²) in [5, 5.41) is 8.49. The van der Waals surface area contributed by atoms with Gasteiger partial charge in [0.2, 0.25) is 0 Å². The SMILES string of the molecule is Cc1nnn(C)c1-c1cc(Br)c2c(c1Cl)C(=O)N(Cc1c(=O)[nH]c(C)c3ocnc13)CC2. The van der Waals surface area contributed by atoms with Crippen LogP contribution < -0.4 is 5.56 Å². The van der Waals surface area contributed by atoms with E-state index in [1.54, 1.807) is 23.6 Å². The topological polar surface area (TPSA) is 110 Å². The highest BCUT2D eigenvalue weighted by Gasteiger charge is 2.32. The number of aryl methyl sites for hydroxylation is 3. The maximum Gasteiger partial charge on any atom is 0.256 e. The molecule has 1 aliphatic heterocycles. The fraction of sp³-hybridized carbons (Fsp3) is 0.286. The highest BCUT2D eigenvalue weighted by atomic mass is 79.9. The van der Waals surface area contributed by atoms with Gasteiger partial charge in [0, 0.05) is 23.6 Å². The normalized spacial score (nSPS) is 13.8. The molecule has 4 heterocycles. The number of nitrogens with zero attached hydrogens (tertiary/aromatic N) is 5. The summed E-state index contributed by atoms with van der Waals surface area (Å²) in [5.74, 6) is -0.247. The van der Waals surface area contributed by atoms with Crippen LogP contribution in [0.2, 0.25) is 5.02 Å². The maximum atomic E-state index is 13.6. The summed E-state index contributed by atoms with van der Waals surface area (Å²) in [7, 11) is 1.78. The number of hydrogen-bond acceptors (Lipinski definition) is 6. The predicted molar refractivity (Wildman–Crippen MR) is 122 cm³/mol. The molecule has 9 nitrogen and oxygen atoms in total. The van der Waals surface area contributed by atoms with E-state index >= 15 is 0 Å². The third kappa shape index (κ3) is 3.08. The van der Waals surface area contributed by atoms with Gasteiger partial charge in [0.25, 0.3) is 11.5 Å². The van der Waals surface area contributed by atoms with Crippen molar-refractivity contribution in [1.29, 1.82) is 0 Å². The number of oxazole rings is 1. The second-order valence-corrected chi connectivity index (χ2v) is 9.02. The molecule has 11 heteroatoms. The van der Waals surface area contributed by atoms with E-state index in [2.05, 4.69) is 36.2 Å². The Kier molecular flexibility index (Phi) is 4.94. The summed E-state index contributed by atoms with van der Waals surface area (Å²) in [6, 6.07) is 1.90. The van der Waals surface area contributed by atoms with Gasteiger partial charge in [-0.15, -0.1) is 5.10 Å². The predicted octanol–water partition coefficient (Wildman–Crippen LogP) is 3.54. The van der Waals surface area contributed by atoms with Crippen molar-refractivity contribution in [3.05, 3.63) is 60.4 Å². The number of hydrogen-bond donors (Lipinski definition) is 1. The lowest BCUT2D eigenvalue weighted by atomic mass is 9.94. The van der Waals surface area contributed by atoms with Gasteiger partial charge < -0.3 is 14.3 Å². The van der Waals surface area contributed by atoms with Crippen molar-refractivity contribution in [3.8, 4) is 11.3 Å². The first-order valence-electron chi connectivity index (χ1n) is 9.89. The van der Waals surface area contributed by atoms with Crippen LogP contribution in [-0.2, 0) is 20.0 Å². The maximum absolute atomic E-state index is 13.6. The quantitative estimate of drug-likeness (QED) is 0.445. The van der Waals surface area contributed by atoms with E-state index in [1.807, 2.05) is 13.0 Å². The molecule has 1 N–H and O–H groups in total. The Morgan fingerprint density at radius 1 is 1.31 bits per heavy atom. The van der Waals surface area contributed by atoms with E-state index < -0.39 is 0 Å². The van der Waals surface area contributed by atoms with Crippen LogP contribution in [-0.4, -0.2) is 42.3 Å². The largest absolute Gasteiger partial charge is 0.442 e. The standard InChI is InChI=1S/C21H18BrClN6O3/c1-9-18(28(3)27-26-9)12-6-14(22)11-4-5-29(21(31)15(11)16(12)23)7-13-17-19(32-8-24-17)10(2)25-20(13)30/h6,8H,4-5,7H2,1-3H3,(H,25,30). The molecule has 0 fully saturated rings. The molecule has 164 valence electrons. The van der Waals surface area contributed by atoms with E-state index in [4.69, 9.17) is 16.0 Å². The van der Waals surface area contributed by atoms with E-state index in [1.165, 1.54) is 6.39 Å². The summed E-state index contributed by atoms with van der Waals surface area (Å²) >= 11 is 10.4. The van der Waals surface area contributed by atoms with Crippen molar-refractivity contribution in [2.24, 2.45) is 7.05 Å². The Morgan fingerprint density at radius 2 is 2.09 bits per heavy atom. The van der Waals surface area contributed by atoms with Gasteiger partial charge in [-0.1, -0.05) is 32.7 Å². The first-order valence-corrected chi connectivity index (χ1v) is 11.1. The number of aromatic amines is 1. The zero-order valence-electron chi connectivity index (χ0n) is 17.5. The molecular weight excluding hydrogens is 500 g/mol. The van der Waals surface area contributed by atoms with Crippen LogP contribution in [0.5, 0.6) is 0 Å². The van der Waals surface area contributed by atoms with E-state index in [-0.39, 0.29) is 18.0 Å². The van der Waals surface area contributed by atoms with Crippen LogP contribution in [0.3, 0.4) is 0 Å². The molecule has 4 aromatic rings. The summed E-state index contributed by atoms with van der Waals surface area (Å²) < 4.78 is 7.84. The molecule has 0 radical (unpaired) electrons. The first-order chi connectivity index (χ1) is 15.3. The van der Waals surface area contributed by atoms with Crippen LogP contribution in [0.4, 0.5) is 0 Å². The minimum atomic E-state index is -0.292. The fourth-order valence-corrected chi connectivity index (χ4v) is 5.23. The lowest BCUT2D eigenvalue weighted by Gasteiger charge is -2.30. The number of carbonyl (C=O) groups excluding carboxylic acids is 1. The molecule has 3 aromatic heterocycles. The molecular formula is C21H18BrClN6O3. The Labute approximate surface area is 195 Å². The van der Waals surface area contributed by atoms with Gasteiger partial charge in [-0.25, -0.2) is 9.67 Å². The monoisotopic (exact) mass is 516 g/mol. The number of halogens is 2. The van der Waals surface area contributed by atoms with Gasteiger partial charge in [-0.2, -0.15) is 0 Å². The number of H-pyrrole nitrogens is 1. The molecule has 0 unspecified atom stereocenters. The molecule has 0 spiro atoms. The summed E-state index contributed by atoms with van der Waals surface area (Å²) in [5.41, 5.74) is 5.04. The van der Waals surface area contributed by atoms with Crippen LogP contribution in [0, 0.1) is 13.8 Å². The van der Waals surface area contributed by atoms with Gasteiger partial charge in [0.15, 0.2) is 12.0 Å². The number of fused-ring (bicyclic) bond motifs is 2. The molecule has 0 saturated carbocycles. The van der Waals surface area contributed by atoms with Crippen molar-refractivity contribution in [2.45, 2.75) is 26.8 Å². The average molecular weight is 518 g/mol. The fourth-order valence-electron chi connectivity index (χ4n) is 4.27. The minimum absolute atomic E-state index is 0.0986. The minimum Gasteiger partial charge on any atom is -0.442 e. The summed E-state index contributed by atoms with van der Waals surface area (Å²) in [4.78, 5) is 34.8. The molecule has 0 bridgehead atoms. The Hall–Kier alpha value is -2.98. The average Bonchev–Trinajstić information content (AvgIpc) is 3.36. The number of carbonyl (C=O) groups is 1. The van der Waals surface area contributed by atoms with Gasteiger partial charge in [-0.3, -0.25) is 9.59 Å². The van der Waals surface area contributed by atoms with Gasteiger partial charge >= 0.3 is 0 Å². The first kappa shape index (κ1) is 20.9.